The highest BCUT2D eigenvalue weighted by Crippen LogP contribution is 2.33. The van der Waals surface area contributed by atoms with Crippen LogP contribution in [0.25, 0.3) is 0 Å². The molecule has 0 radical (unpaired) electrons. The number of amides is 1. The van der Waals surface area contributed by atoms with E-state index >= 15 is 0 Å². The standard InChI is InChI=1S/C15H16ClF3N4OS/c16-11-7-10(15(17,18)19)8-21-12(11)23-4-1-9(2-5-23)13(24)22-14-20-3-6-25-14/h7-9H,1-6H2,(H,20,22,24)/p+1. The lowest BCUT2D eigenvalue weighted by Gasteiger charge is -2.27. The number of nitrogens with zero attached hydrogens (tertiary/aromatic N) is 2. The van der Waals surface area contributed by atoms with Gasteiger partial charge in [0.25, 0.3) is 5.82 Å². The van der Waals surface area contributed by atoms with Gasteiger partial charge in [-0.1, -0.05) is 23.4 Å². The summed E-state index contributed by atoms with van der Waals surface area (Å²) in [6.07, 6.45) is -2.32. The largest absolute Gasteiger partial charge is 0.419 e. The maximum absolute atomic E-state index is 12.7. The molecule has 136 valence electrons. The predicted octanol–water partition coefficient (Wildman–Crippen LogP) is 2.61. The van der Waals surface area contributed by atoms with Gasteiger partial charge in [-0.05, 0) is 18.9 Å². The van der Waals surface area contributed by atoms with Gasteiger partial charge in [-0.2, -0.15) is 13.2 Å². The molecule has 3 heterocycles. The highest BCUT2D eigenvalue weighted by Gasteiger charge is 2.35. The Morgan fingerprint density at radius 1 is 1.40 bits per heavy atom. The second kappa shape index (κ2) is 7.41. The average Bonchev–Trinajstić information content (AvgIpc) is 3.07. The van der Waals surface area contributed by atoms with Crippen molar-refractivity contribution >= 4 is 40.3 Å². The van der Waals surface area contributed by atoms with Crippen LogP contribution < -0.4 is 15.2 Å². The van der Waals surface area contributed by atoms with E-state index in [9.17, 15) is 18.0 Å². The minimum absolute atomic E-state index is 0.0226. The van der Waals surface area contributed by atoms with Gasteiger partial charge in [0.15, 0.2) is 5.17 Å². The number of pyridine rings is 1. The van der Waals surface area contributed by atoms with Crippen molar-refractivity contribution in [3.05, 3.63) is 22.8 Å². The fourth-order valence-corrected chi connectivity index (χ4v) is 3.87. The van der Waals surface area contributed by atoms with Gasteiger partial charge in [0.1, 0.15) is 11.2 Å². The van der Waals surface area contributed by atoms with Gasteiger partial charge in [-0.15, -0.1) is 0 Å². The van der Waals surface area contributed by atoms with Crippen LogP contribution in [-0.4, -0.2) is 36.5 Å². The molecule has 2 N–H and O–H groups in total. The molecule has 3 rings (SSSR count). The number of halogens is 4. The molecule has 1 fully saturated rings. The quantitative estimate of drug-likeness (QED) is 0.840. The number of hydrogen-bond donors (Lipinski definition) is 1. The molecule has 10 heteroatoms. The molecule has 2 aliphatic rings. The molecule has 1 aromatic rings. The van der Waals surface area contributed by atoms with Crippen molar-refractivity contribution in [1.29, 1.82) is 0 Å². The van der Waals surface area contributed by atoms with Crippen molar-refractivity contribution in [3.8, 4) is 0 Å². The number of nitrogens with one attached hydrogen (secondary N) is 2. The Morgan fingerprint density at radius 3 is 2.68 bits per heavy atom. The second-order valence-corrected chi connectivity index (χ2v) is 7.36. The van der Waals surface area contributed by atoms with E-state index in [1.807, 2.05) is 4.90 Å². The lowest BCUT2D eigenvalue weighted by atomic mass is 9.96. The summed E-state index contributed by atoms with van der Waals surface area (Å²) in [7, 11) is 0. The van der Waals surface area contributed by atoms with E-state index in [1.54, 1.807) is 0 Å². The van der Waals surface area contributed by atoms with Gasteiger partial charge in [0.05, 0.1) is 25.2 Å². The molecule has 0 unspecified atom stereocenters. The van der Waals surface area contributed by atoms with Crippen LogP contribution in [0.3, 0.4) is 0 Å². The summed E-state index contributed by atoms with van der Waals surface area (Å²) < 4.78 is 38.1. The van der Waals surface area contributed by atoms with Crippen molar-refractivity contribution in [2.24, 2.45) is 10.9 Å². The predicted molar refractivity (Wildman–Crippen MR) is 90.8 cm³/mol. The number of carbonyl (C=O) groups excluding carboxylic acids is 1. The number of carbonyl (C=O) groups is 1. The number of hydrogen-bond acceptors (Lipinski definition) is 4. The molecule has 0 bridgehead atoms. The summed E-state index contributed by atoms with van der Waals surface area (Å²) >= 11 is 7.54. The van der Waals surface area contributed by atoms with E-state index in [0.29, 0.717) is 36.9 Å². The third kappa shape index (κ3) is 4.38. The zero-order chi connectivity index (χ0) is 18.0. The molecule has 1 aromatic heterocycles. The van der Waals surface area contributed by atoms with Crippen LogP contribution in [-0.2, 0) is 11.0 Å². The Kier molecular flexibility index (Phi) is 5.43. The zero-order valence-corrected chi connectivity index (χ0v) is 14.8. The number of aromatic nitrogens is 1. The molecule has 0 atom stereocenters. The Morgan fingerprint density at radius 2 is 2.12 bits per heavy atom. The zero-order valence-electron chi connectivity index (χ0n) is 13.2. The summed E-state index contributed by atoms with van der Waals surface area (Å²) in [5, 5.41) is 3.53. The number of rotatable bonds is 2. The van der Waals surface area contributed by atoms with E-state index in [4.69, 9.17) is 11.6 Å². The van der Waals surface area contributed by atoms with E-state index in [-0.39, 0.29) is 16.8 Å². The van der Waals surface area contributed by atoms with Crippen LogP contribution in [0.1, 0.15) is 18.4 Å². The number of amidine groups is 1. The first kappa shape index (κ1) is 18.3. The van der Waals surface area contributed by atoms with Gasteiger partial charge < -0.3 is 5.32 Å². The number of anilines is 1. The Bertz CT molecular complexity index is 690. The summed E-state index contributed by atoms with van der Waals surface area (Å²) in [4.78, 5) is 20.9. The number of H-pyrrole nitrogens is 1. The first-order valence-electron chi connectivity index (χ1n) is 7.86. The number of thioether (sulfide) groups is 1. The third-order valence-corrected chi connectivity index (χ3v) is 5.38. The SMILES string of the molecule is O=C(NC1=NCCS1)C1CCN(c2[nH+]cc(C(F)(F)F)cc2Cl)CC1. The Balaban J connectivity index is 1.59. The third-order valence-electron chi connectivity index (χ3n) is 4.20. The number of piperidine rings is 1. The van der Waals surface area contributed by atoms with Crippen LogP contribution in [0.15, 0.2) is 17.3 Å². The van der Waals surface area contributed by atoms with Crippen LogP contribution in [0.4, 0.5) is 19.0 Å². The summed E-state index contributed by atoms with van der Waals surface area (Å²) in [5.74, 6) is 1.16. The summed E-state index contributed by atoms with van der Waals surface area (Å²) in [5.41, 5.74) is -0.814. The van der Waals surface area contributed by atoms with Gasteiger partial charge in [-0.3, -0.25) is 14.7 Å². The van der Waals surface area contributed by atoms with E-state index < -0.39 is 11.7 Å². The molecular weight excluding hydrogens is 377 g/mol. The molecule has 2 aliphatic heterocycles. The van der Waals surface area contributed by atoms with Gasteiger partial charge in [0.2, 0.25) is 5.91 Å². The van der Waals surface area contributed by atoms with Crippen LogP contribution in [0, 0.1) is 5.92 Å². The summed E-state index contributed by atoms with van der Waals surface area (Å²) in [6, 6.07) is 0.918. The number of aromatic amines is 1. The first-order chi connectivity index (χ1) is 11.8. The highest BCUT2D eigenvalue weighted by molar-refractivity contribution is 8.14. The highest BCUT2D eigenvalue weighted by atomic mass is 35.5. The molecular formula is C15H17ClF3N4OS+. The van der Waals surface area contributed by atoms with E-state index in [0.717, 1.165) is 24.6 Å². The van der Waals surface area contributed by atoms with Crippen molar-refractivity contribution in [2.45, 2.75) is 19.0 Å². The molecule has 1 saturated heterocycles. The van der Waals surface area contributed by atoms with Crippen LogP contribution in [0.5, 0.6) is 0 Å². The molecule has 1 amide bonds. The van der Waals surface area contributed by atoms with Crippen molar-refractivity contribution in [2.75, 3.05) is 30.3 Å². The fourth-order valence-electron chi connectivity index (χ4n) is 2.85. The minimum atomic E-state index is -4.44. The second-order valence-electron chi connectivity index (χ2n) is 5.87. The minimum Gasteiger partial charge on any atom is -0.305 e. The molecule has 25 heavy (non-hydrogen) atoms. The maximum Gasteiger partial charge on any atom is 0.419 e. The smallest absolute Gasteiger partial charge is 0.305 e. The first-order valence-corrected chi connectivity index (χ1v) is 9.22. The van der Waals surface area contributed by atoms with Gasteiger partial charge in [0, 0.05) is 11.7 Å². The fraction of sp³-hybridized carbons (Fsp3) is 0.533. The Hall–Kier alpha value is -1.48. The monoisotopic (exact) mass is 393 g/mol. The number of aliphatic imine (C=N–C) groups is 1. The van der Waals surface area contributed by atoms with Gasteiger partial charge >= 0.3 is 6.18 Å². The van der Waals surface area contributed by atoms with E-state index in [2.05, 4.69) is 15.3 Å². The molecule has 0 spiro atoms. The maximum atomic E-state index is 12.7. The number of alkyl halides is 3. The topological polar surface area (TPSA) is 58.8 Å². The Labute approximate surface area is 152 Å². The summed E-state index contributed by atoms with van der Waals surface area (Å²) in [6.45, 7) is 1.81. The van der Waals surface area contributed by atoms with Crippen molar-refractivity contribution in [3.63, 3.8) is 0 Å². The van der Waals surface area contributed by atoms with Crippen molar-refractivity contribution in [1.82, 2.24) is 5.32 Å². The average molecular weight is 394 g/mol. The lowest BCUT2D eigenvalue weighted by Crippen LogP contribution is -2.43. The molecule has 0 aromatic carbocycles. The molecule has 0 aliphatic carbocycles. The lowest BCUT2D eigenvalue weighted by molar-refractivity contribution is -0.367. The van der Waals surface area contributed by atoms with Crippen LogP contribution >= 0.6 is 23.4 Å². The van der Waals surface area contributed by atoms with Crippen molar-refractivity contribution < 1.29 is 22.9 Å². The normalized spacial score (nSPS) is 19.0. The molecule has 5 nitrogen and oxygen atoms in total. The molecule has 0 saturated carbocycles. The van der Waals surface area contributed by atoms with Crippen LogP contribution in [0.2, 0.25) is 5.02 Å². The van der Waals surface area contributed by atoms with Gasteiger partial charge in [-0.25, -0.2) is 4.98 Å². The van der Waals surface area contributed by atoms with E-state index in [1.165, 1.54) is 11.8 Å².